The quantitative estimate of drug-likeness (QED) is 0.600. The smallest absolute Gasteiger partial charge is 0.191 e. The second-order valence-corrected chi connectivity index (χ2v) is 7.56. The van der Waals surface area contributed by atoms with Crippen molar-refractivity contribution >= 4 is 17.3 Å². The number of rotatable bonds is 6. The van der Waals surface area contributed by atoms with E-state index in [-0.39, 0.29) is 0 Å². The zero-order valence-corrected chi connectivity index (χ0v) is 16.3. The predicted molar refractivity (Wildman–Crippen MR) is 107 cm³/mol. The third-order valence-electron chi connectivity index (χ3n) is 4.43. The Morgan fingerprint density at radius 2 is 2.12 bits per heavy atom. The van der Waals surface area contributed by atoms with Crippen LogP contribution in [0.25, 0.3) is 0 Å². The van der Waals surface area contributed by atoms with Gasteiger partial charge in [0.1, 0.15) is 0 Å². The number of ether oxygens (including phenoxy) is 1. The van der Waals surface area contributed by atoms with Crippen molar-refractivity contribution in [2.75, 3.05) is 39.9 Å². The largest absolute Gasteiger partial charge is 0.379 e. The van der Waals surface area contributed by atoms with Gasteiger partial charge < -0.3 is 15.4 Å². The van der Waals surface area contributed by atoms with E-state index in [1.54, 1.807) is 13.2 Å². The summed E-state index contributed by atoms with van der Waals surface area (Å²) in [6.45, 7) is 7.14. The average Bonchev–Trinajstić information content (AvgIpc) is 3.12. The van der Waals surface area contributed by atoms with Gasteiger partial charge in [0, 0.05) is 42.6 Å². The standard InChI is InChI=1S/C19H27N5OS/c1-15-6-7-18(26-15)17(24-9-11-25-12-10-24)14-23-19(20-2)22-13-16-5-3-4-8-21-16/h3-8,17H,9-14H2,1-2H3,(H2,20,22,23). The number of nitrogens with zero attached hydrogens (tertiary/aromatic N) is 3. The van der Waals surface area contributed by atoms with Gasteiger partial charge in [0.25, 0.3) is 0 Å². The van der Waals surface area contributed by atoms with Gasteiger partial charge in [-0.25, -0.2) is 0 Å². The molecular weight excluding hydrogens is 346 g/mol. The SMILES string of the molecule is CN=C(NCc1ccccn1)NCC(c1ccc(C)s1)N1CCOCC1. The van der Waals surface area contributed by atoms with Crippen LogP contribution >= 0.6 is 11.3 Å². The molecule has 1 atom stereocenters. The van der Waals surface area contributed by atoms with Crippen molar-refractivity contribution in [3.63, 3.8) is 0 Å². The van der Waals surface area contributed by atoms with E-state index >= 15 is 0 Å². The van der Waals surface area contributed by atoms with Crippen LogP contribution in [-0.4, -0.2) is 55.7 Å². The first-order valence-corrected chi connectivity index (χ1v) is 9.80. The minimum Gasteiger partial charge on any atom is -0.379 e. The van der Waals surface area contributed by atoms with Gasteiger partial charge >= 0.3 is 0 Å². The molecule has 140 valence electrons. The molecule has 6 nitrogen and oxygen atoms in total. The maximum Gasteiger partial charge on any atom is 0.191 e. The Morgan fingerprint density at radius 3 is 2.77 bits per heavy atom. The van der Waals surface area contributed by atoms with E-state index in [0.29, 0.717) is 12.6 Å². The number of pyridine rings is 1. The third kappa shape index (κ3) is 5.27. The van der Waals surface area contributed by atoms with Crippen LogP contribution in [0.4, 0.5) is 0 Å². The van der Waals surface area contributed by atoms with E-state index in [9.17, 15) is 0 Å². The zero-order chi connectivity index (χ0) is 18.2. The minimum absolute atomic E-state index is 0.325. The fourth-order valence-electron chi connectivity index (χ4n) is 3.02. The highest BCUT2D eigenvalue weighted by Gasteiger charge is 2.24. The van der Waals surface area contributed by atoms with Crippen LogP contribution in [0.15, 0.2) is 41.5 Å². The fourth-order valence-corrected chi connectivity index (χ4v) is 4.03. The number of morpholine rings is 1. The normalized spacial score (nSPS) is 17.1. The molecule has 0 saturated carbocycles. The van der Waals surface area contributed by atoms with Crippen LogP contribution in [0.2, 0.25) is 0 Å². The molecule has 2 N–H and O–H groups in total. The van der Waals surface area contributed by atoms with Crippen LogP contribution in [0.3, 0.4) is 0 Å². The second-order valence-electron chi connectivity index (χ2n) is 6.24. The molecule has 1 unspecified atom stereocenters. The molecule has 0 aliphatic carbocycles. The number of hydrogen-bond acceptors (Lipinski definition) is 5. The Balaban J connectivity index is 1.60. The molecule has 0 radical (unpaired) electrons. The lowest BCUT2D eigenvalue weighted by Crippen LogP contribution is -2.46. The lowest BCUT2D eigenvalue weighted by Gasteiger charge is -2.34. The molecule has 0 bridgehead atoms. The summed E-state index contributed by atoms with van der Waals surface area (Å²) in [5.74, 6) is 0.794. The van der Waals surface area contributed by atoms with Gasteiger partial charge in [-0.15, -0.1) is 11.3 Å². The van der Waals surface area contributed by atoms with Crippen LogP contribution < -0.4 is 10.6 Å². The van der Waals surface area contributed by atoms with Crippen LogP contribution in [0, 0.1) is 6.92 Å². The highest BCUT2D eigenvalue weighted by molar-refractivity contribution is 7.12. The summed E-state index contributed by atoms with van der Waals surface area (Å²) in [6, 6.07) is 10.7. The van der Waals surface area contributed by atoms with Gasteiger partial charge in [0.15, 0.2) is 5.96 Å². The van der Waals surface area contributed by atoms with Gasteiger partial charge in [-0.2, -0.15) is 0 Å². The topological polar surface area (TPSA) is 61.8 Å². The maximum atomic E-state index is 5.52. The molecule has 1 fully saturated rings. The van der Waals surface area contributed by atoms with Crippen molar-refractivity contribution in [1.82, 2.24) is 20.5 Å². The van der Waals surface area contributed by atoms with Crippen molar-refractivity contribution in [2.45, 2.75) is 19.5 Å². The first-order chi connectivity index (χ1) is 12.8. The summed E-state index contributed by atoms with van der Waals surface area (Å²) < 4.78 is 5.52. The van der Waals surface area contributed by atoms with Crippen molar-refractivity contribution < 1.29 is 4.74 Å². The van der Waals surface area contributed by atoms with Crippen LogP contribution in [-0.2, 0) is 11.3 Å². The molecule has 0 aromatic carbocycles. The van der Waals surface area contributed by atoms with E-state index in [0.717, 1.165) is 44.5 Å². The number of aryl methyl sites for hydroxylation is 1. The number of hydrogen-bond donors (Lipinski definition) is 2. The van der Waals surface area contributed by atoms with Crippen molar-refractivity contribution in [1.29, 1.82) is 0 Å². The average molecular weight is 374 g/mol. The van der Waals surface area contributed by atoms with Gasteiger partial charge in [-0.05, 0) is 31.2 Å². The van der Waals surface area contributed by atoms with Gasteiger partial charge in [-0.3, -0.25) is 14.9 Å². The summed E-state index contributed by atoms with van der Waals surface area (Å²) >= 11 is 1.87. The molecule has 3 heterocycles. The number of aliphatic imine (C=N–C) groups is 1. The minimum atomic E-state index is 0.325. The second kappa shape index (κ2) is 9.66. The number of aromatic nitrogens is 1. The third-order valence-corrected chi connectivity index (χ3v) is 5.53. The first kappa shape index (κ1) is 18.8. The van der Waals surface area contributed by atoms with E-state index < -0.39 is 0 Å². The van der Waals surface area contributed by atoms with E-state index in [1.807, 2.05) is 29.5 Å². The Hall–Kier alpha value is -1.96. The molecule has 7 heteroatoms. The summed E-state index contributed by atoms with van der Waals surface area (Å²) in [5.41, 5.74) is 0.995. The first-order valence-electron chi connectivity index (χ1n) is 8.99. The van der Waals surface area contributed by atoms with Crippen LogP contribution in [0.5, 0.6) is 0 Å². The fraction of sp³-hybridized carbons (Fsp3) is 0.474. The van der Waals surface area contributed by atoms with E-state index in [2.05, 4.69) is 44.6 Å². The molecule has 1 aliphatic heterocycles. The maximum absolute atomic E-state index is 5.52. The number of thiophene rings is 1. The summed E-state index contributed by atoms with van der Waals surface area (Å²) in [7, 11) is 1.80. The van der Waals surface area contributed by atoms with Gasteiger partial charge in [0.05, 0.1) is 31.5 Å². The Kier molecular flexibility index (Phi) is 6.99. The number of nitrogens with one attached hydrogen (secondary N) is 2. The molecule has 3 rings (SSSR count). The predicted octanol–water partition coefficient (Wildman–Crippen LogP) is 2.19. The molecule has 0 amide bonds. The monoisotopic (exact) mass is 373 g/mol. The van der Waals surface area contributed by atoms with Crippen molar-refractivity contribution in [2.24, 2.45) is 4.99 Å². The molecule has 1 saturated heterocycles. The molecule has 2 aromatic rings. The summed E-state index contributed by atoms with van der Waals surface area (Å²) in [6.07, 6.45) is 1.81. The van der Waals surface area contributed by atoms with Crippen LogP contribution in [0.1, 0.15) is 21.5 Å². The van der Waals surface area contributed by atoms with Gasteiger partial charge in [0.2, 0.25) is 0 Å². The highest BCUT2D eigenvalue weighted by atomic mass is 32.1. The molecule has 2 aromatic heterocycles. The molecule has 1 aliphatic rings. The van der Waals surface area contributed by atoms with E-state index in [1.165, 1.54) is 9.75 Å². The summed E-state index contributed by atoms with van der Waals surface area (Å²) in [5, 5.41) is 6.82. The lowest BCUT2D eigenvalue weighted by atomic mass is 10.2. The molecule has 26 heavy (non-hydrogen) atoms. The van der Waals surface area contributed by atoms with Gasteiger partial charge in [-0.1, -0.05) is 6.07 Å². The van der Waals surface area contributed by atoms with E-state index in [4.69, 9.17) is 4.74 Å². The Bertz CT molecular complexity index is 697. The number of guanidine groups is 1. The Morgan fingerprint density at radius 1 is 1.27 bits per heavy atom. The highest BCUT2D eigenvalue weighted by Crippen LogP contribution is 2.27. The molecular formula is C19H27N5OS. The Labute approximate surface area is 159 Å². The zero-order valence-electron chi connectivity index (χ0n) is 15.4. The van der Waals surface area contributed by atoms with Crippen molar-refractivity contribution in [3.8, 4) is 0 Å². The summed E-state index contributed by atoms with van der Waals surface area (Å²) in [4.78, 5) is 13.9. The van der Waals surface area contributed by atoms with Crippen molar-refractivity contribution in [3.05, 3.63) is 52.0 Å². The lowest BCUT2D eigenvalue weighted by molar-refractivity contribution is 0.0177. The molecule has 0 spiro atoms.